The van der Waals surface area contributed by atoms with Gasteiger partial charge < -0.3 is 14.7 Å². The average Bonchev–Trinajstić information content (AvgIpc) is 2.14. The quantitative estimate of drug-likeness (QED) is 0.822. The summed E-state index contributed by atoms with van der Waals surface area (Å²) in [6, 6.07) is 0.609. The molecule has 1 N–H and O–H groups in total. The third-order valence-corrected chi connectivity index (χ3v) is 4.12. The van der Waals surface area contributed by atoms with Crippen LogP contribution in [0.25, 0.3) is 0 Å². The Morgan fingerprint density at radius 1 is 1.35 bits per heavy atom. The highest BCUT2D eigenvalue weighted by Gasteiger charge is 2.32. The fraction of sp³-hybridized carbons (Fsp3) is 1.00. The van der Waals surface area contributed by atoms with Crippen molar-refractivity contribution in [3.05, 3.63) is 0 Å². The van der Waals surface area contributed by atoms with Crippen LogP contribution in [0.5, 0.6) is 0 Å². The van der Waals surface area contributed by atoms with Crippen molar-refractivity contribution in [3.8, 4) is 0 Å². The maximum Gasteiger partial charge on any atom is 0.0618 e. The fourth-order valence-corrected chi connectivity index (χ4v) is 2.48. The molecule has 0 spiro atoms. The Hall–Kier alpha value is -0.120. The third-order valence-electron chi connectivity index (χ3n) is 4.12. The predicted octanol–water partition coefficient (Wildman–Crippen LogP) is 2.28. The molecule has 0 bridgehead atoms. The van der Waals surface area contributed by atoms with E-state index in [1.54, 1.807) is 0 Å². The lowest BCUT2D eigenvalue weighted by molar-refractivity contribution is -0.0901. The zero-order valence-electron chi connectivity index (χ0n) is 12.2. The Morgan fingerprint density at radius 3 is 2.41 bits per heavy atom. The Labute approximate surface area is 106 Å². The van der Waals surface area contributed by atoms with Crippen molar-refractivity contribution < 1.29 is 9.84 Å². The summed E-state index contributed by atoms with van der Waals surface area (Å²) in [5.41, 5.74) is -0.613. The Balaban J connectivity index is 2.53. The number of hydrogen-bond acceptors (Lipinski definition) is 3. The van der Waals surface area contributed by atoms with Gasteiger partial charge in [0.25, 0.3) is 0 Å². The van der Waals surface area contributed by atoms with Gasteiger partial charge in [-0.2, -0.15) is 0 Å². The highest BCUT2D eigenvalue weighted by Crippen LogP contribution is 2.29. The average molecular weight is 243 g/mol. The first-order valence-electron chi connectivity index (χ1n) is 6.74. The van der Waals surface area contributed by atoms with Crippen LogP contribution in [-0.4, -0.2) is 48.0 Å². The molecule has 1 rings (SSSR count). The van der Waals surface area contributed by atoms with Gasteiger partial charge in [0, 0.05) is 6.04 Å². The van der Waals surface area contributed by atoms with Crippen LogP contribution >= 0.6 is 0 Å². The molecule has 0 saturated carbocycles. The number of hydrogen-bond donors (Lipinski definition) is 1. The second-order valence-electron chi connectivity index (χ2n) is 6.45. The van der Waals surface area contributed by atoms with E-state index in [-0.39, 0.29) is 12.0 Å². The molecule has 1 aliphatic rings. The standard InChI is InChI=1S/C14H29NO2/c1-10(14(3,4)16)7-13-9-12(15(5)6)8-11(2)17-13/h10-13,16H,7-9H2,1-6H3. The second kappa shape index (κ2) is 5.68. The summed E-state index contributed by atoms with van der Waals surface area (Å²) < 4.78 is 5.99. The molecule has 0 radical (unpaired) electrons. The first-order chi connectivity index (χ1) is 7.70. The van der Waals surface area contributed by atoms with Gasteiger partial charge >= 0.3 is 0 Å². The summed E-state index contributed by atoms with van der Waals surface area (Å²) in [7, 11) is 4.28. The normalized spacial score (nSPS) is 32.8. The van der Waals surface area contributed by atoms with Crippen LogP contribution in [0.15, 0.2) is 0 Å². The number of ether oxygens (including phenoxy) is 1. The molecule has 17 heavy (non-hydrogen) atoms. The Bertz CT molecular complexity index is 235. The van der Waals surface area contributed by atoms with Gasteiger partial charge in [-0.1, -0.05) is 6.92 Å². The molecule has 102 valence electrons. The van der Waals surface area contributed by atoms with Gasteiger partial charge in [-0.15, -0.1) is 0 Å². The van der Waals surface area contributed by atoms with Crippen LogP contribution in [0.3, 0.4) is 0 Å². The van der Waals surface area contributed by atoms with Crippen molar-refractivity contribution in [2.24, 2.45) is 5.92 Å². The van der Waals surface area contributed by atoms with E-state index in [4.69, 9.17) is 4.74 Å². The van der Waals surface area contributed by atoms with Crippen LogP contribution in [0.1, 0.15) is 47.0 Å². The molecular formula is C14H29NO2. The first kappa shape index (κ1) is 14.9. The van der Waals surface area contributed by atoms with E-state index < -0.39 is 5.60 Å². The van der Waals surface area contributed by atoms with E-state index in [9.17, 15) is 5.11 Å². The molecule has 0 aromatic heterocycles. The maximum absolute atomic E-state index is 9.99. The summed E-state index contributed by atoms with van der Waals surface area (Å²) in [6.45, 7) is 8.02. The van der Waals surface area contributed by atoms with Crippen molar-refractivity contribution in [1.29, 1.82) is 0 Å². The van der Waals surface area contributed by atoms with E-state index in [0.29, 0.717) is 12.1 Å². The molecule has 1 saturated heterocycles. The molecule has 1 fully saturated rings. The van der Waals surface area contributed by atoms with Crippen LogP contribution in [-0.2, 0) is 4.74 Å². The van der Waals surface area contributed by atoms with Crippen molar-refractivity contribution in [1.82, 2.24) is 4.90 Å². The second-order valence-corrected chi connectivity index (χ2v) is 6.45. The van der Waals surface area contributed by atoms with Crippen molar-refractivity contribution >= 4 is 0 Å². The molecule has 1 heterocycles. The lowest BCUT2D eigenvalue weighted by Gasteiger charge is -2.39. The highest BCUT2D eigenvalue weighted by molar-refractivity contribution is 4.84. The third kappa shape index (κ3) is 4.57. The minimum absolute atomic E-state index is 0.264. The summed E-state index contributed by atoms with van der Waals surface area (Å²) in [6.07, 6.45) is 3.75. The summed E-state index contributed by atoms with van der Waals surface area (Å²) in [4.78, 5) is 2.29. The Morgan fingerprint density at radius 2 is 1.94 bits per heavy atom. The molecule has 0 aliphatic carbocycles. The lowest BCUT2D eigenvalue weighted by atomic mass is 9.85. The molecular weight excluding hydrogens is 214 g/mol. The number of nitrogens with zero attached hydrogens (tertiary/aromatic N) is 1. The minimum Gasteiger partial charge on any atom is -0.390 e. The summed E-state index contributed by atoms with van der Waals surface area (Å²) >= 11 is 0. The van der Waals surface area contributed by atoms with Crippen molar-refractivity contribution in [3.63, 3.8) is 0 Å². The SMILES string of the molecule is CC1CC(N(C)C)CC(CC(C)C(C)(C)O)O1. The monoisotopic (exact) mass is 243 g/mol. The first-order valence-corrected chi connectivity index (χ1v) is 6.74. The van der Waals surface area contributed by atoms with E-state index in [1.807, 2.05) is 13.8 Å². The van der Waals surface area contributed by atoms with Gasteiger partial charge in [0.15, 0.2) is 0 Å². The Kier molecular flexibility index (Phi) is 4.99. The zero-order chi connectivity index (χ0) is 13.2. The van der Waals surface area contributed by atoms with E-state index in [1.165, 1.54) is 0 Å². The van der Waals surface area contributed by atoms with Gasteiger partial charge in [-0.05, 0) is 60.0 Å². The molecule has 4 unspecified atom stereocenters. The van der Waals surface area contributed by atoms with Crippen molar-refractivity contribution in [2.45, 2.75) is 70.8 Å². The fourth-order valence-electron chi connectivity index (χ4n) is 2.48. The van der Waals surface area contributed by atoms with Gasteiger partial charge in [0.05, 0.1) is 17.8 Å². The topological polar surface area (TPSA) is 32.7 Å². The molecule has 3 nitrogen and oxygen atoms in total. The van der Waals surface area contributed by atoms with Gasteiger partial charge in [0.1, 0.15) is 0 Å². The van der Waals surface area contributed by atoms with Crippen LogP contribution in [0.2, 0.25) is 0 Å². The molecule has 3 heteroatoms. The number of aliphatic hydroxyl groups is 1. The van der Waals surface area contributed by atoms with Crippen LogP contribution in [0.4, 0.5) is 0 Å². The molecule has 0 aromatic carbocycles. The minimum atomic E-state index is -0.613. The zero-order valence-corrected chi connectivity index (χ0v) is 12.2. The van der Waals surface area contributed by atoms with Gasteiger partial charge in [-0.25, -0.2) is 0 Å². The van der Waals surface area contributed by atoms with E-state index in [0.717, 1.165) is 19.3 Å². The lowest BCUT2D eigenvalue weighted by Crippen LogP contribution is -2.43. The van der Waals surface area contributed by atoms with E-state index >= 15 is 0 Å². The summed E-state index contributed by atoms with van der Waals surface area (Å²) in [5, 5.41) is 9.99. The largest absolute Gasteiger partial charge is 0.390 e. The molecule has 4 atom stereocenters. The van der Waals surface area contributed by atoms with E-state index in [2.05, 4.69) is 32.8 Å². The molecule has 0 amide bonds. The number of rotatable bonds is 4. The maximum atomic E-state index is 9.99. The molecule has 0 aromatic rings. The predicted molar refractivity (Wildman–Crippen MR) is 71.1 cm³/mol. The molecule has 1 aliphatic heterocycles. The van der Waals surface area contributed by atoms with Crippen molar-refractivity contribution in [2.75, 3.05) is 14.1 Å². The van der Waals surface area contributed by atoms with Crippen LogP contribution in [0, 0.1) is 5.92 Å². The van der Waals surface area contributed by atoms with Crippen LogP contribution < -0.4 is 0 Å². The summed E-state index contributed by atoms with van der Waals surface area (Å²) in [5.74, 6) is 0.264. The highest BCUT2D eigenvalue weighted by atomic mass is 16.5. The van der Waals surface area contributed by atoms with Gasteiger partial charge in [-0.3, -0.25) is 0 Å². The van der Waals surface area contributed by atoms with Gasteiger partial charge in [0.2, 0.25) is 0 Å². The smallest absolute Gasteiger partial charge is 0.0618 e.